The van der Waals surface area contributed by atoms with Crippen molar-refractivity contribution in [3.63, 3.8) is 0 Å². The van der Waals surface area contributed by atoms with E-state index in [2.05, 4.69) is 15.3 Å². The van der Waals surface area contributed by atoms with Crippen molar-refractivity contribution in [2.24, 2.45) is 0 Å². The van der Waals surface area contributed by atoms with E-state index in [4.69, 9.17) is 14.9 Å². The van der Waals surface area contributed by atoms with E-state index < -0.39 is 30.1 Å². The number of benzene rings is 1. The number of nitrogens with one attached hydrogen (secondary N) is 2. The summed E-state index contributed by atoms with van der Waals surface area (Å²) in [7, 11) is 1.55. The van der Waals surface area contributed by atoms with E-state index in [9.17, 15) is 14.4 Å². The van der Waals surface area contributed by atoms with Crippen molar-refractivity contribution in [3.05, 3.63) is 57.8 Å². The van der Waals surface area contributed by atoms with Crippen LogP contribution in [0.4, 0.5) is 0 Å². The number of nitrogens with zero attached hydrogens (tertiary/aromatic N) is 1. The number of aliphatic carboxylic acids is 1. The largest absolute Gasteiger partial charge is 0.497 e. The van der Waals surface area contributed by atoms with Crippen LogP contribution < -0.4 is 15.6 Å². The van der Waals surface area contributed by atoms with Crippen LogP contribution in [-0.4, -0.2) is 51.8 Å². The van der Waals surface area contributed by atoms with Crippen molar-refractivity contribution >= 4 is 11.9 Å². The topological polar surface area (TPSA) is 142 Å². The van der Waals surface area contributed by atoms with Crippen molar-refractivity contribution in [2.45, 2.75) is 12.5 Å². The second kappa shape index (κ2) is 8.06. The standard InChI is InChI=1S/C16H17N3O6/c1-25-10-4-2-9(3-5-10)6-13-17-11(7-14(21)19-13)15(22)18-12(8-20)16(23)24/h2-5,7,12,20H,6,8H2,1H3,(H,18,22)(H,23,24)(H,17,19,21). The van der Waals surface area contributed by atoms with E-state index in [1.54, 1.807) is 31.4 Å². The predicted octanol–water partition coefficient (Wildman–Crippen LogP) is -0.455. The minimum Gasteiger partial charge on any atom is -0.497 e. The van der Waals surface area contributed by atoms with Crippen LogP contribution in [0.2, 0.25) is 0 Å². The van der Waals surface area contributed by atoms with Gasteiger partial charge in [0.25, 0.3) is 11.5 Å². The maximum absolute atomic E-state index is 12.0. The summed E-state index contributed by atoms with van der Waals surface area (Å²) >= 11 is 0. The number of rotatable bonds is 7. The molecule has 2 aromatic rings. The van der Waals surface area contributed by atoms with Crippen LogP contribution >= 0.6 is 0 Å². The van der Waals surface area contributed by atoms with Gasteiger partial charge in [-0.1, -0.05) is 12.1 Å². The number of carbonyl (C=O) groups is 2. The Morgan fingerprint density at radius 1 is 1.32 bits per heavy atom. The van der Waals surface area contributed by atoms with Gasteiger partial charge in [0.15, 0.2) is 6.04 Å². The minimum atomic E-state index is -1.47. The number of carbonyl (C=O) groups excluding carboxylic acids is 1. The smallest absolute Gasteiger partial charge is 0.328 e. The number of aliphatic hydroxyl groups is 1. The lowest BCUT2D eigenvalue weighted by Crippen LogP contribution is -2.43. The van der Waals surface area contributed by atoms with Crippen molar-refractivity contribution < 1.29 is 24.5 Å². The number of methoxy groups -OCH3 is 1. The molecule has 0 saturated carbocycles. The summed E-state index contributed by atoms with van der Waals surface area (Å²) < 4.78 is 5.06. The molecular formula is C16H17N3O6. The van der Waals surface area contributed by atoms with Gasteiger partial charge in [0.05, 0.1) is 13.7 Å². The highest BCUT2D eigenvalue weighted by Gasteiger charge is 2.21. The van der Waals surface area contributed by atoms with Crippen LogP contribution in [0.1, 0.15) is 21.9 Å². The zero-order valence-electron chi connectivity index (χ0n) is 13.4. The van der Waals surface area contributed by atoms with Gasteiger partial charge >= 0.3 is 5.97 Å². The van der Waals surface area contributed by atoms with Gasteiger partial charge < -0.3 is 25.3 Å². The molecule has 2 rings (SSSR count). The number of aromatic nitrogens is 2. The Morgan fingerprint density at radius 2 is 2.00 bits per heavy atom. The van der Waals surface area contributed by atoms with Gasteiger partial charge in [-0.05, 0) is 17.7 Å². The Kier molecular flexibility index (Phi) is 5.85. The van der Waals surface area contributed by atoms with Crippen molar-refractivity contribution in [1.29, 1.82) is 0 Å². The molecule has 0 spiro atoms. The second-order valence-electron chi connectivity index (χ2n) is 5.15. The van der Waals surface area contributed by atoms with E-state index in [0.29, 0.717) is 5.75 Å². The number of aromatic amines is 1. The molecule has 0 fully saturated rings. The number of H-pyrrole nitrogens is 1. The zero-order chi connectivity index (χ0) is 18.4. The van der Waals surface area contributed by atoms with Crippen LogP contribution in [0.5, 0.6) is 5.75 Å². The summed E-state index contributed by atoms with van der Waals surface area (Å²) in [6.07, 6.45) is 0.267. The van der Waals surface area contributed by atoms with Crippen molar-refractivity contribution in [1.82, 2.24) is 15.3 Å². The monoisotopic (exact) mass is 347 g/mol. The average Bonchev–Trinajstić information content (AvgIpc) is 2.59. The maximum Gasteiger partial charge on any atom is 0.328 e. The highest BCUT2D eigenvalue weighted by molar-refractivity contribution is 5.94. The molecule has 0 aliphatic rings. The Morgan fingerprint density at radius 3 is 2.56 bits per heavy atom. The number of carboxylic acid groups (broad SMARTS) is 1. The molecule has 1 unspecified atom stereocenters. The van der Waals surface area contributed by atoms with E-state index in [-0.39, 0.29) is 17.9 Å². The molecule has 1 atom stereocenters. The molecule has 9 nitrogen and oxygen atoms in total. The van der Waals surface area contributed by atoms with Gasteiger partial charge in [0.2, 0.25) is 0 Å². The number of carboxylic acids is 1. The molecule has 0 radical (unpaired) electrons. The van der Waals surface area contributed by atoms with Crippen LogP contribution in [0, 0.1) is 0 Å². The first-order valence-corrected chi connectivity index (χ1v) is 7.30. The number of hydrogen-bond acceptors (Lipinski definition) is 6. The summed E-state index contributed by atoms with van der Waals surface area (Å²) in [5.41, 5.74) is 0.0618. The molecule has 1 aromatic carbocycles. The maximum atomic E-state index is 12.0. The molecule has 1 aromatic heterocycles. The van der Waals surface area contributed by atoms with Crippen LogP contribution in [-0.2, 0) is 11.2 Å². The molecule has 0 bridgehead atoms. The van der Waals surface area contributed by atoms with Gasteiger partial charge in [-0.3, -0.25) is 9.59 Å². The molecule has 0 saturated heterocycles. The lowest BCUT2D eigenvalue weighted by Gasteiger charge is -2.11. The van der Waals surface area contributed by atoms with E-state index in [1.165, 1.54) is 0 Å². The molecule has 1 amide bonds. The number of amides is 1. The van der Waals surface area contributed by atoms with E-state index in [1.807, 2.05) is 0 Å². The lowest BCUT2D eigenvalue weighted by atomic mass is 10.1. The van der Waals surface area contributed by atoms with Gasteiger partial charge in [-0.15, -0.1) is 0 Å². The number of hydrogen-bond donors (Lipinski definition) is 4. The molecule has 0 aliphatic carbocycles. The normalized spacial score (nSPS) is 11.6. The first-order valence-electron chi connectivity index (χ1n) is 7.30. The highest BCUT2D eigenvalue weighted by Crippen LogP contribution is 2.13. The molecular weight excluding hydrogens is 330 g/mol. The summed E-state index contributed by atoms with van der Waals surface area (Å²) in [6.45, 7) is -0.775. The fraction of sp³-hybridized carbons (Fsp3) is 0.250. The molecule has 4 N–H and O–H groups in total. The highest BCUT2D eigenvalue weighted by atomic mass is 16.5. The molecule has 9 heteroatoms. The first kappa shape index (κ1) is 18.1. The number of ether oxygens (including phenoxy) is 1. The number of aliphatic hydroxyl groups excluding tert-OH is 1. The summed E-state index contributed by atoms with van der Waals surface area (Å²) in [5, 5.41) is 19.9. The minimum absolute atomic E-state index is 0.230. The van der Waals surface area contributed by atoms with Gasteiger partial charge in [0.1, 0.15) is 17.3 Å². The van der Waals surface area contributed by atoms with Gasteiger partial charge in [-0.25, -0.2) is 9.78 Å². The van der Waals surface area contributed by atoms with E-state index >= 15 is 0 Å². The Hall–Kier alpha value is -3.20. The van der Waals surface area contributed by atoms with Crippen LogP contribution in [0.25, 0.3) is 0 Å². The summed E-state index contributed by atoms with van der Waals surface area (Å²) in [6, 6.07) is 6.57. The lowest BCUT2D eigenvalue weighted by molar-refractivity contribution is -0.140. The second-order valence-corrected chi connectivity index (χ2v) is 5.15. The summed E-state index contributed by atoms with van der Waals surface area (Å²) in [5.74, 6) is -1.32. The fourth-order valence-corrected chi connectivity index (χ4v) is 2.06. The van der Waals surface area contributed by atoms with Crippen molar-refractivity contribution in [2.75, 3.05) is 13.7 Å². The van der Waals surface area contributed by atoms with E-state index in [0.717, 1.165) is 11.6 Å². The Labute approximate surface area is 142 Å². The molecule has 1 heterocycles. The average molecular weight is 347 g/mol. The molecule has 0 aliphatic heterocycles. The van der Waals surface area contributed by atoms with Crippen LogP contribution in [0.3, 0.4) is 0 Å². The van der Waals surface area contributed by atoms with Gasteiger partial charge in [-0.2, -0.15) is 0 Å². The van der Waals surface area contributed by atoms with Crippen molar-refractivity contribution in [3.8, 4) is 5.75 Å². The third kappa shape index (κ3) is 4.88. The SMILES string of the molecule is COc1ccc(Cc2nc(C(=O)NC(CO)C(=O)O)cc(=O)[nH]2)cc1. The Bertz CT molecular complexity index is 815. The fourth-order valence-electron chi connectivity index (χ4n) is 2.06. The van der Waals surface area contributed by atoms with Gasteiger partial charge in [0, 0.05) is 12.5 Å². The first-order chi connectivity index (χ1) is 11.9. The zero-order valence-corrected chi connectivity index (χ0v) is 13.4. The third-order valence-corrected chi connectivity index (χ3v) is 3.34. The quantitative estimate of drug-likeness (QED) is 0.531. The molecule has 25 heavy (non-hydrogen) atoms. The predicted molar refractivity (Wildman–Crippen MR) is 86.6 cm³/mol. The molecule has 132 valence electrons. The Balaban J connectivity index is 2.20. The summed E-state index contributed by atoms with van der Waals surface area (Å²) in [4.78, 5) is 41.2. The third-order valence-electron chi connectivity index (χ3n) is 3.34. The van der Waals surface area contributed by atoms with Crippen LogP contribution in [0.15, 0.2) is 35.1 Å².